The molecule has 7 heavy (non-hydrogen) atoms. The molecule has 2 atom stereocenters. The maximum atomic E-state index is 11.9. The Morgan fingerprint density at radius 2 is 2.43 bits per heavy atom. The van der Waals surface area contributed by atoms with Crippen molar-refractivity contribution < 1.29 is 4.39 Å². The minimum Gasteiger partial charge on any atom is -0.247 e. The summed E-state index contributed by atoms with van der Waals surface area (Å²) in [6.07, 6.45) is 2.91. The summed E-state index contributed by atoms with van der Waals surface area (Å²) in [5.41, 5.74) is 0. The maximum Gasteiger partial charge on any atom is 0.104 e. The molecule has 0 aromatic heterocycles. The van der Waals surface area contributed by atoms with Gasteiger partial charge in [0.1, 0.15) is 6.17 Å². The van der Waals surface area contributed by atoms with Crippen LogP contribution in [-0.2, 0) is 0 Å². The van der Waals surface area contributed by atoms with Crippen LogP contribution in [0, 0.1) is 5.92 Å². The molecule has 0 aromatic carbocycles. The van der Waals surface area contributed by atoms with Gasteiger partial charge in [-0.2, -0.15) is 0 Å². The summed E-state index contributed by atoms with van der Waals surface area (Å²) in [7, 11) is 0. The molecule has 40 valence electrons. The van der Waals surface area contributed by atoms with E-state index in [2.05, 4.69) is 6.58 Å². The first kappa shape index (κ1) is 4.82. The monoisotopic (exact) mass is 100 g/mol. The number of allylic oxidation sites excluding steroid dienone is 1. The van der Waals surface area contributed by atoms with Crippen molar-refractivity contribution in [2.45, 2.75) is 19.0 Å². The third-order valence-corrected chi connectivity index (χ3v) is 1.31. The van der Waals surface area contributed by atoms with Crippen LogP contribution in [0.3, 0.4) is 0 Å². The molecular formula is C6H9F. The van der Waals surface area contributed by atoms with Gasteiger partial charge in [0, 0.05) is 0 Å². The van der Waals surface area contributed by atoms with E-state index in [9.17, 15) is 4.39 Å². The van der Waals surface area contributed by atoms with E-state index in [0.717, 1.165) is 12.8 Å². The number of hydrogen-bond donors (Lipinski definition) is 0. The average molecular weight is 100 g/mol. The predicted molar refractivity (Wildman–Crippen MR) is 27.8 cm³/mol. The molecule has 0 radical (unpaired) electrons. The zero-order valence-electron chi connectivity index (χ0n) is 4.23. The smallest absolute Gasteiger partial charge is 0.104 e. The van der Waals surface area contributed by atoms with Gasteiger partial charge >= 0.3 is 0 Å². The van der Waals surface area contributed by atoms with Gasteiger partial charge in [-0.1, -0.05) is 6.08 Å². The Hall–Kier alpha value is -0.330. The van der Waals surface area contributed by atoms with E-state index in [-0.39, 0.29) is 0 Å². The highest BCUT2D eigenvalue weighted by Gasteiger charge is 2.35. The normalized spacial score (nSPS) is 37.9. The summed E-state index contributed by atoms with van der Waals surface area (Å²) in [6.45, 7) is 3.51. The van der Waals surface area contributed by atoms with E-state index >= 15 is 0 Å². The lowest BCUT2D eigenvalue weighted by Crippen LogP contribution is -1.73. The quantitative estimate of drug-likeness (QED) is 0.465. The molecule has 2 unspecified atom stereocenters. The maximum absolute atomic E-state index is 11.9. The van der Waals surface area contributed by atoms with Crippen LogP contribution < -0.4 is 0 Å². The van der Waals surface area contributed by atoms with Crippen molar-refractivity contribution >= 4 is 0 Å². The summed E-state index contributed by atoms with van der Waals surface area (Å²) in [5, 5.41) is 0. The minimum absolute atomic E-state index is 0.331. The highest BCUT2D eigenvalue weighted by Crippen LogP contribution is 2.36. The molecule has 0 nitrogen and oxygen atoms in total. The van der Waals surface area contributed by atoms with Gasteiger partial charge in [0.25, 0.3) is 0 Å². The summed E-state index contributed by atoms with van der Waals surface area (Å²) in [6, 6.07) is 0. The molecule has 0 spiro atoms. The fourth-order valence-corrected chi connectivity index (χ4v) is 0.669. The van der Waals surface area contributed by atoms with Gasteiger partial charge < -0.3 is 0 Å². The second-order valence-electron chi connectivity index (χ2n) is 2.04. The van der Waals surface area contributed by atoms with E-state index < -0.39 is 6.17 Å². The largest absolute Gasteiger partial charge is 0.247 e. The Morgan fingerprint density at radius 3 is 2.57 bits per heavy atom. The lowest BCUT2D eigenvalue weighted by atomic mass is 10.3. The van der Waals surface area contributed by atoms with Gasteiger partial charge in [0.15, 0.2) is 0 Å². The second kappa shape index (κ2) is 1.65. The van der Waals surface area contributed by atoms with Crippen LogP contribution in [0.5, 0.6) is 0 Å². The average Bonchev–Trinajstić information content (AvgIpc) is 2.22. The van der Waals surface area contributed by atoms with Crippen LogP contribution in [-0.4, -0.2) is 6.17 Å². The highest BCUT2D eigenvalue weighted by atomic mass is 19.1. The zero-order chi connectivity index (χ0) is 5.28. The van der Waals surface area contributed by atoms with Crippen molar-refractivity contribution in [2.24, 2.45) is 5.92 Å². The van der Waals surface area contributed by atoms with Crippen molar-refractivity contribution in [3.8, 4) is 0 Å². The molecule has 1 rings (SSSR count). The first-order valence-electron chi connectivity index (χ1n) is 2.59. The highest BCUT2D eigenvalue weighted by molar-refractivity contribution is 4.90. The van der Waals surface area contributed by atoms with Crippen molar-refractivity contribution in [3.63, 3.8) is 0 Å². The van der Waals surface area contributed by atoms with Gasteiger partial charge in [-0.3, -0.25) is 0 Å². The Bertz CT molecular complexity index is 78.2. The molecule has 0 bridgehead atoms. The summed E-state index contributed by atoms with van der Waals surface area (Å²) in [4.78, 5) is 0. The molecule has 1 aliphatic carbocycles. The van der Waals surface area contributed by atoms with Crippen LogP contribution in [0.2, 0.25) is 0 Å². The van der Waals surface area contributed by atoms with E-state index in [1.165, 1.54) is 0 Å². The first-order chi connectivity index (χ1) is 3.34. The standard InChI is InChI=1S/C6H9F/c1-2-3-5-4-6(5)7/h2,5-6H,1,3-4H2. The van der Waals surface area contributed by atoms with Crippen LogP contribution in [0.1, 0.15) is 12.8 Å². The third kappa shape index (κ3) is 1.02. The molecule has 0 amide bonds. The minimum atomic E-state index is -0.502. The van der Waals surface area contributed by atoms with Crippen LogP contribution >= 0.6 is 0 Å². The Labute approximate surface area is 43.0 Å². The molecular weight excluding hydrogens is 91.1 g/mol. The predicted octanol–water partition coefficient (Wildman–Crippen LogP) is 1.92. The fraction of sp³-hybridized carbons (Fsp3) is 0.667. The molecule has 1 aliphatic rings. The van der Waals surface area contributed by atoms with Crippen LogP contribution in [0.4, 0.5) is 4.39 Å². The lowest BCUT2D eigenvalue weighted by molar-refractivity contribution is 0.447. The number of halogens is 1. The Morgan fingerprint density at radius 1 is 1.86 bits per heavy atom. The van der Waals surface area contributed by atoms with Crippen molar-refractivity contribution in [1.82, 2.24) is 0 Å². The van der Waals surface area contributed by atoms with E-state index in [4.69, 9.17) is 0 Å². The lowest BCUT2D eigenvalue weighted by Gasteiger charge is -1.79. The molecule has 0 N–H and O–H groups in total. The fourth-order valence-electron chi connectivity index (χ4n) is 0.669. The van der Waals surface area contributed by atoms with Crippen molar-refractivity contribution in [1.29, 1.82) is 0 Å². The van der Waals surface area contributed by atoms with E-state index in [1.54, 1.807) is 6.08 Å². The van der Waals surface area contributed by atoms with Gasteiger partial charge in [-0.05, 0) is 18.8 Å². The number of alkyl halides is 1. The van der Waals surface area contributed by atoms with Gasteiger partial charge in [0.2, 0.25) is 0 Å². The second-order valence-corrected chi connectivity index (χ2v) is 2.04. The molecule has 1 heteroatoms. The molecule has 0 saturated heterocycles. The Kier molecular flexibility index (Phi) is 1.13. The number of hydrogen-bond acceptors (Lipinski definition) is 0. The topological polar surface area (TPSA) is 0 Å². The zero-order valence-corrected chi connectivity index (χ0v) is 4.23. The van der Waals surface area contributed by atoms with E-state index in [1.807, 2.05) is 0 Å². The molecule has 0 heterocycles. The summed E-state index contributed by atoms with van der Waals surface area (Å²) < 4.78 is 11.9. The number of rotatable bonds is 2. The van der Waals surface area contributed by atoms with Gasteiger partial charge in [0.05, 0.1) is 0 Å². The van der Waals surface area contributed by atoms with Gasteiger partial charge in [-0.15, -0.1) is 6.58 Å². The summed E-state index contributed by atoms with van der Waals surface area (Å²) >= 11 is 0. The van der Waals surface area contributed by atoms with Crippen molar-refractivity contribution in [2.75, 3.05) is 0 Å². The Balaban J connectivity index is 2.08. The third-order valence-electron chi connectivity index (χ3n) is 1.31. The first-order valence-corrected chi connectivity index (χ1v) is 2.59. The van der Waals surface area contributed by atoms with Gasteiger partial charge in [-0.25, -0.2) is 4.39 Å². The molecule has 0 aliphatic heterocycles. The van der Waals surface area contributed by atoms with Crippen LogP contribution in [0.25, 0.3) is 0 Å². The molecule has 1 fully saturated rings. The SMILES string of the molecule is C=CCC1CC1F. The van der Waals surface area contributed by atoms with Crippen LogP contribution in [0.15, 0.2) is 12.7 Å². The van der Waals surface area contributed by atoms with Crippen molar-refractivity contribution in [3.05, 3.63) is 12.7 Å². The molecule has 0 aromatic rings. The van der Waals surface area contributed by atoms with E-state index in [0.29, 0.717) is 5.92 Å². The summed E-state index contributed by atoms with van der Waals surface area (Å²) in [5.74, 6) is 0.331. The molecule has 1 saturated carbocycles.